The standard InChI is InChI=1S/C22H25NO7/c1-2-29-22(27)15-3-5-16(6-4-15)30-14-20(25)17-7-8-19(24)18(21(17)26)13-23-9-11-28-12-10-23/h3-8,24,26H,2,9-14H2,1H3. The fourth-order valence-electron chi connectivity index (χ4n) is 3.12. The molecule has 0 bridgehead atoms. The Morgan fingerprint density at radius 1 is 1.07 bits per heavy atom. The number of ether oxygens (including phenoxy) is 3. The summed E-state index contributed by atoms with van der Waals surface area (Å²) in [7, 11) is 0. The maximum atomic E-state index is 12.6. The Balaban J connectivity index is 1.65. The lowest BCUT2D eigenvalue weighted by Gasteiger charge is -2.27. The van der Waals surface area contributed by atoms with E-state index >= 15 is 0 Å². The summed E-state index contributed by atoms with van der Waals surface area (Å²) in [5.41, 5.74) is 0.778. The van der Waals surface area contributed by atoms with Crippen molar-refractivity contribution < 1.29 is 34.0 Å². The molecule has 1 aliphatic heterocycles. The molecule has 2 N–H and O–H groups in total. The zero-order valence-electron chi connectivity index (χ0n) is 16.8. The normalized spacial score (nSPS) is 14.3. The minimum atomic E-state index is -0.429. The third kappa shape index (κ3) is 5.28. The number of hydrogen-bond acceptors (Lipinski definition) is 8. The number of phenolic OH excluding ortho intramolecular Hbond substituents is 2. The molecule has 2 aromatic rings. The van der Waals surface area contributed by atoms with E-state index in [0.717, 1.165) is 0 Å². The Hall–Kier alpha value is -3.10. The van der Waals surface area contributed by atoms with Crippen LogP contribution in [0.2, 0.25) is 0 Å². The highest BCUT2D eigenvalue weighted by Gasteiger charge is 2.21. The fraction of sp³-hybridized carbons (Fsp3) is 0.364. The number of rotatable bonds is 8. The molecule has 30 heavy (non-hydrogen) atoms. The summed E-state index contributed by atoms with van der Waals surface area (Å²) in [4.78, 5) is 26.3. The highest BCUT2D eigenvalue weighted by Crippen LogP contribution is 2.32. The van der Waals surface area contributed by atoms with Crippen LogP contribution >= 0.6 is 0 Å². The van der Waals surface area contributed by atoms with E-state index < -0.39 is 11.8 Å². The van der Waals surface area contributed by atoms with E-state index in [1.165, 1.54) is 12.1 Å². The van der Waals surface area contributed by atoms with Crippen LogP contribution in [0.5, 0.6) is 17.2 Å². The lowest BCUT2D eigenvalue weighted by atomic mass is 10.0. The number of aromatic hydroxyl groups is 2. The van der Waals surface area contributed by atoms with Crippen molar-refractivity contribution in [1.29, 1.82) is 0 Å². The maximum absolute atomic E-state index is 12.6. The first-order valence-electron chi connectivity index (χ1n) is 9.76. The second-order valence-electron chi connectivity index (χ2n) is 6.80. The number of carbonyl (C=O) groups excluding carboxylic acids is 2. The number of hydrogen-bond donors (Lipinski definition) is 2. The van der Waals surface area contributed by atoms with Crippen molar-refractivity contribution in [1.82, 2.24) is 4.90 Å². The summed E-state index contributed by atoms with van der Waals surface area (Å²) in [5, 5.41) is 20.7. The van der Waals surface area contributed by atoms with Gasteiger partial charge in [0.1, 0.15) is 17.2 Å². The number of esters is 1. The molecule has 0 aromatic heterocycles. The van der Waals surface area contributed by atoms with Gasteiger partial charge in [-0.05, 0) is 43.3 Å². The molecule has 0 atom stereocenters. The third-order valence-corrected chi connectivity index (χ3v) is 4.78. The van der Waals surface area contributed by atoms with Crippen molar-refractivity contribution in [2.75, 3.05) is 39.5 Å². The average Bonchev–Trinajstić information content (AvgIpc) is 2.76. The smallest absolute Gasteiger partial charge is 0.338 e. The van der Waals surface area contributed by atoms with Gasteiger partial charge < -0.3 is 24.4 Å². The molecule has 0 radical (unpaired) electrons. The molecule has 3 rings (SSSR count). The first-order valence-corrected chi connectivity index (χ1v) is 9.76. The molecule has 2 aromatic carbocycles. The van der Waals surface area contributed by atoms with Crippen LogP contribution in [0, 0.1) is 0 Å². The molecule has 0 amide bonds. The SMILES string of the molecule is CCOC(=O)c1ccc(OCC(=O)c2ccc(O)c(CN3CCOCC3)c2O)cc1. The van der Waals surface area contributed by atoms with Gasteiger partial charge in [-0.15, -0.1) is 0 Å². The molecule has 8 heteroatoms. The predicted molar refractivity (Wildman–Crippen MR) is 108 cm³/mol. The van der Waals surface area contributed by atoms with Crippen LogP contribution in [-0.4, -0.2) is 66.4 Å². The number of ketones is 1. The minimum absolute atomic E-state index is 0.0639. The summed E-state index contributed by atoms with van der Waals surface area (Å²) >= 11 is 0. The van der Waals surface area contributed by atoms with Crippen molar-refractivity contribution in [3.63, 3.8) is 0 Å². The molecule has 8 nitrogen and oxygen atoms in total. The van der Waals surface area contributed by atoms with Crippen LogP contribution in [-0.2, 0) is 16.0 Å². The number of morpholine rings is 1. The number of carbonyl (C=O) groups is 2. The van der Waals surface area contributed by atoms with Crippen LogP contribution in [0.1, 0.15) is 33.2 Å². The first kappa shape index (κ1) is 21.6. The molecule has 1 heterocycles. The number of benzene rings is 2. The zero-order chi connectivity index (χ0) is 21.5. The van der Waals surface area contributed by atoms with Crippen LogP contribution in [0.15, 0.2) is 36.4 Å². The fourth-order valence-corrected chi connectivity index (χ4v) is 3.12. The van der Waals surface area contributed by atoms with E-state index in [0.29, 0.717) is 49.7 Å². The Morgan fingerprint density at radius 2 is 1.77 bits per heavy atom. The van der Waals surface area contributed by atoms with Gasteiger partial charge >= 0.3 is 5.97 Å². The van der Waals surface area contributed by atoms with Gasteiger partial charge in [0.05, 0.1) is 36.5 Å². The van der Waals surface area contributed by atoms with E-state index in [1.807, 2.05) is 4.90 Å². The minimum Gasteiger partial charge on any atom is -0.507 e. The molecule has 0 saturated carbocycles. The van der Waals surface area contributed by atoms with Gasteiger partial charge in [-0.25, -0.2) is 4.79 Å². The van der Waals surface area contributed by atoms with Crippen molar-refractivity contribution in [2.45, 2.75) is 13.5 Å². The Kier molecular flexibility index (Phi) is 7.26. The van der Waals surface area contributed by atoms with Crippen LogP contribution in [0.4, 0.5) is 0 Å². The first-order chi connectivity index (χ1) is 14.5. The zero-order valence-corrected chi connectivity index (χ0v) is 16.8. The predicted octanol–water partition coefficient (Wildman–Crippen LogP) is 2.37. The second kappa shape index (κ2) is 10.1. The monoisotopic (exact) mass is 415 g/mol. The van der Waals surface area contributed by atoms with Gasteiger partial charge in [0.25, 0.3) is 0 Å². The van der Waals surface area contributed by atoms with Crippen LogP contribution in [0.25, 0.3) is 0 Å². The van der Waals surface area contributed by atoms with Gasteiger partial charge in [-0.3, -0.25) is 9.69 Å². The van der Waals surface area contributed by atoms with E-state index in [4.69, 9.17) is 14.2 Å². The van der Waals surface area contributed by atoms with Crippen LogP contribution < -0.4 is 4.74 Å². The number of nitrogens with zero attached hydrogens (tertiary/aromatic N) is 1. The summed E-state index contributed by atoms with van der Waals surface area (Å²) in [5.74, 6) is -0.755. The second-order valence-corrected chi connectivity index (χ2v) is 6.80. The van der Waals surface area contributed by atoms with E-state index in [9.17, 15) is 19.8 Å². The van der Waals surface area contributed by atoms with Crippen molar-refractivity contribution in [3.05, 3.63) is 53.1 Å². The summed E-state index contributed by atoms with van der Waals surface area (Å²) in [6, 6.07) is 9.02. The highest BCUT2D eigenvalue weighted by molar-refractivity contribution is 6.00. The van der Waals surface area contributed by atoms with Crippen molar-refractivity contribution >= 4 is 11.8 Å². The van der Waals surface area contributed by atoms with Gasteiger partial charge in [0.2, 0.25) is 5.78 Å². The van der Waals surface area contributed by atoms with Gasteiger partial charge in [0, 0.05) is 19.6 Å². The molecule has 0 aliphatic carbocycles. The molecule has 160 valence electrons. The molecule has 1 saturated heterocycles. The number of Topliss-reactive ketones (excluding diaryl/α,β-unsaturated/α-hetero) is 1. The van der Waals surface area contributed by atoms with Crippen molar-refractivity contribution in [2.24, 2.45) is 0 Å². The van der Waals surface area contributed by atoms with E-state index in [1.54, 1.807) is 31.2 Å². The third-order valence-electron chi connectivity index (χ3n) is 4.78. The molecule has 0 unspecified atom stereocenters. The lowest BCUT2D eigenvalue weighted by Crippen LogP contribution is -2.35. The van der Waals surface area contributed by atoms with Crippen LogP contribution in [0.3, 0.4) is 0 Å². The molecule has 0 spiro atoms. The summed E-state index contributed by atoms with van der Waals surface area (Å²) in [6.07, 6.45) is 0. The maximum Gasteiger partial charge on any atom is 0.338 e. The molecular weight excluding hydrogens is 390 g/mol. The molecule has 1 aliphatic rings. The van der Waals surface area contributed by atoms with Crippen molar-refractivity contribution in [3.8, 4) is 17.2 Å². The number of phenols is 2. The van der Waals surface area contributed by atoms with Gasteiger partial charge in [-0.2, -0.15) is 0 Å². The van der Waals surface area contributed by atoms with E-state index in [-0.39, 0.29) is 30.3 Å². The highest BCUT2D eigenvalue weighted by atomic mass is 16.5. The quantitative estimate of drug-likeness (QED) is 0.500. The Bertz CT molecular complexity index is 889. The summed E-state index contributed by atoms with van der Waals surface area (Å²) < 4.78 is 15.7. The van der Waals surface area contributed by atoms with Gasteiger partial charge in [-0.1, -0.05) is 0 Å². The lowest BCUT2D eigenvalue weighted by molar-refractivity contribution is 0.0335. The molecule has 1 fully saturated rings. The average molecular weight is 415 g/mol. The Morgan fingerprint density at radius 3 is 2.43 bits per heavy atom. The van der Waals surface area contributed by atoms with Gasteiger partial charge in [0.15, 0.2) is 6.61 Å². The largest absolute Gasteiger partial charge is 0.507 e. The van der Waals surface area contributed by atoms with E-state index in [2.05, 4.69) is 0 Å². The summed E-state index contributed by atoms with van der Waals surface area (Å²) in [6.45, 7) is 4.57. The Labute approximate surface area is 174 Å². The molecular formula is C22H25NO7. The topological polar surface area (TPSA) is 106 Å².